The minimum absolute atomic E-state index is 0.0103. The lowest BCUT2D eigenvalue weighted by Gasteiger charge is -2.12. The Bertz CT molecular complexity index is 618. The minimum atomic E-state index is -3.64. The third kappa shape index (κ3) is 6.04. The van der Waals surface area contributed by atoms with Gasteiger partial charge in [0.15, 0.2) is 0 Å². The molecule has 0 unspecified atom stereocenters. The summed E-state index contributed by atoms with van der Waals surface area (Å²) in [5.74, 6) is 6.03. The fourth-order valence-corrected chi connectivity index (χ4v) is 2.50. The zero-order chi connectivity index (χ0) is 15.7. The zero-order valence-electron chi connectivity index (χ0n) is 12.1. The molecule has 0 aliphatic heterocycles. The Kier molecular flexibility index (Phi) is 7.02. The van der Waals surface area contributed by atoms with Crippen molar-refractivity contribution in [1.29, 1.82) is 0 Å². The van der Waals surface area contributed by atoms with Crippen molar-refractivity contribution in [2.75, 3.05) is 25.0 Å². The van der Waals surface area contributed by atoms with Gasteiger partial charge in [0.2, 0.25) is 0 Å². The molecule has 0 fully saturated rings. The van der Waals surface area contributed by atoms with Crippen molar-refractivity contribution >= 4 is 15.9 Å². The van der Waals surface area contributed by atoms with Crippen LogP contribution in [-0.4, -0.2) is 33.8 Å². The number of rotatable bonds is 7. The summed E-state index contributed by atoms with van der Waals surface area (Å²) in [4.78, 5) is 0. The van der Waals surface area contributed by atoms with E-state index in [9.17, 15) is 8.42 Å². The van der Waals surface area contributed by atoms with Crippen LogP contribution in [0.1, 0.15) is 25.3 Å². The first-order chi connectivity index (χ1) is 10.0. The monoisotopic (exact) mass is 312 g/mol. The molecule has 0 aliphatic carbocycles. The van der Waals surface area contributed by atoms with Crippen LogP contribution >= 0.6 is 0 Å². The van der Waals surface area contributed by atoms with Gasteiger partial charge in [-0.25, -0.2) is 0 Å². The van der Waals surface area contributed by atoms with Crippen LogP contribution in [0.25, 0.3) is 0 Å². The Balaban J connectivity index is 2.98. The van der Waals surface area contributed by atoms with E-state index in [1.807, 2.05) is 6.92 Å². The van der Waals surface area contributed by atoms with Gasteiger partial charge in [-0.05, 0) is 24.6 Å². The summed E-state index contributed by atoms with van der Waals surface area (Å²) in [6.07, 6.45) is 1.07. The molecule has 116 valence electrons. The average molecular weight is 312 g/mol. The summed E-state index contributed by atoms with van der Waals surface area (Å²) in [6, 6.07) is 4.95. The Hall–Kier alpha value is -1.75. The Labute approximate surface area is 125 Å². The number of ether oxygens (including phenoxy) is 1. The van der Waals surface area contributed by atoms with Gasteiger partial charge in [0, 0.05) is 18.5 Å². The number of hydrogen-bond acceptors (Lipinski definition) is 4. The highest BCUT2D eigenvalue weighted by Gasteiger charge is 2.12. The maximum absolute atomic E-state index is 11.9. The van der Waals surface area contributed by atoms with E-state index in [0.29, 0.717) is 36.4 Å². The van der Waals surface area contributed by atoms with Gasteiger partial charge in [0.1, 0.15) is 5.75 Å². The summed E-state index contributed by atoms with van der Waals surface area (Å²) in [7, 11) is -2.18. The molecule has 0 radical (unpaired) electrons. The first-order valence-corrected chi connectivity index (χ1v) is 8.06. The van der Waals surface area contributed by atoms with Crippen molar-refractivity contribution in [2.24, 2.45) is 0 Å². The van der Waals surface area contributed by atoms with Crippen molar-refractivity contribution < 1.29 is 18.3 Å². The first-order valence-electron chi connectivity index (χ1n) is 6.57. The molecule has 0 bridgehead atoms. The largest absolute Gasteiger partial charge is 0.495 e. The number of anilines is 1. The van der Waals surface area contributed by atoms with Crippen molar-refractivity contribution in [2.45, 2.75) is 19.8 Å². The van der Waals surface area contributed by atoms with Gasteiger partial charge < -0.3 is 9.84 Å². The molecule has 6 nitrogen and oxygen atoms in total. The summed E-state index contributed by atoms with van der Waals surface area (Å²) in [5.41, 5.74) is 0.953. The first kappa shape index (κ1) is 17.3. The minimum Gasteiger partial charge on any atom is -0.495 e. The lowest BCUT2D eigenvalue weighted by molar-refractivity contribution is 0.305. The third-order valence-corrected chi connectivity index (χ3v) is 3.53. The highest BCUT2D eigenvalue weighted by Crippen LogP contribution is 2.25. The highest BCUT2D eigenvalue weighted by molar-refractivity contribution is 7.90. The molecular weight excluding hydrogens is 292 g/mol. The molecule has 3 N–H and O–H groups in total. The lowest BCUT2D eigenvalue weighted by Crippen LogP contribution is -2.30. The van der Waals surface area contributed by atoms with Gasteiger partial charge in [-0.15, -0.1) is 0 Å². The normalized spacial score (nSPS) is 10.6. The predicted octanol–water partition coefficient (Wildman–Crippen LogP) is 1.09. The van der Waals surface area contributed by atoms with Gasteiger partial charge in [-0.2, -0.15) is 13.1 Å². The second kappa shape index (κ2) is 8.52. The van der Waals surface area contributed by atoms with Crippen LogP contribution in [0.15, 0.2) is 18.2 Å². The summed E-state index contributed by atoms with van der Waals surface area (Å²) in [6.45, 7) is 2.22. The van der Waals surface area contributed by atoms with E-state index >= 15 is 0 Å². The standard InChI is InChI=1S/C14H20N2O4S/c1-3-9-15-21(18,19)16-13-11-12(6-4-5-10-17)7-8-14(13)20-2/h7-8,11,15-17H,3,5,9-10H2,1-2H3. The molecule has 1 aromatic carbocycles. The van der Waals surface area contributed by atoms with E-state index in [4.69, 9.17) is 9.84 Å². The fraction of sp³-hybridized carbons (Fsp3) is 0.429. The summed E-state index contributed by atoms with van der Waals surface area (Å²) in [5, 5.41) is 8.69. The van der Waals surface area contributed by atoms with E-state index in [0.717, 1.165) is 0 Å². The van der Waals surface area contributed by atoms with E-state index in [2.05, 4.69) is 21.3 Å². The molecule has 21 heavy (non-hydrogen) atoms. The van der Waals surface area contributed by atoms with Crippen LogP contribution < -0.4 is 14.2 Å². The Morgan fingerprint density at radius 2 is 2.14 bits per heavy atom. The predicted molar refractivity (Wildman–Crippen MR) is 82.4 cm³/mol. The van der Waals surface area contributed by atoms with E-state index in [1.54, 1.807) is 18.2 Å². The van der Waals surface area contributed by atoms with Crippen molar-refractivity contribution in [3.8, 4) is 17.6 Å². The maximum Gasteiger partial charge on any atom is 0.299 e. The van der Waals surface area contributed by atoms with Crippen molar-refractivity contribution in [3.05, 3.63) is 23.8 Å². The van der Waals surface area contributed by atoms with Gasteiger partial charge >= 0.3 is 0 Å². The van der Waals surface area contributed by atoms with Crippen LogP contribution in [0.2, 0.25) is 0 Å². The van der Waals surface area contributed by atoms with Crippen LogP contribution in [0, 0.1) is 11.8 Å². The summed E-state index contributed by atoms with van der Waals surface area (Å²) < 4.78 is 33.7. The van der Waals surface area contributed by atoms with Crippen LogP contribution in [0.3, 0.4) is 0 Å². The number of hydrogen-bond donors (Lipinski definition) is 3. The maximum atomic E-state index is 11.9. The van der Waals surface area contributed by atoms with E-state index in [1.165, 1.54) is 7.11 Å². The van der Waals surface area contributed by atoms with Crippen LogP contribution in [0.4, 0.5) is 5.69 Å². The quantitative estimate of drug-likeness (QED) is 0.658. The molecule has 0 amide bonds. The van der Waals surface area contributed by atoms with Gasteiger partial charge in [-0.1, -0.05) is 18.8 Å². The van der Waals surface area contributed by atoms with Crippen molar-refractivity contribution in [1.82, 2.24) is 4.72 Å². The molecule has 0 saturated heterocycles. The highest BCUT2D eigenvalue weighted by atomic mass is 32.2. The molecule has 0 saturated carbocycles. The SMILES string of the molecule is CCCNS(=O)(=O)Nc1cc(C#CCCO)ccc1OC. The molecule has 7 heteroatoms. The van der Waals surface area contributed by atoms with Crippen molar-refractivity contribution in [3.63, 3.8) is 0 Å². The molecule has 0 heterocycles. The van der Waals surface area contributed by atoms with E-state index in [-0.39, 0.29) is 6.61 Å². The van der Waals surface area contributed by atoms with Gasteiger partial charge in [0.25, 0.3) is 10.2 Å². The molecule has 0 aliphatic rings. The number of nitrogens with one attached hydrogen (secondary N) is 2. The third-order valence-electron chi connectivity index (χ3n) is 2.46. The smallest absolute Gasteiger partial charge is 0.299 e. The lowest BCUT2D eigenvalue weighted by atomic mass is 10.2. The van der Waals surface area contributed by atoms with Crippen LogP contribution in [-0.2, 0) is 10.2 Å². The summed E-state index contributed by atoms with van der Waals surface area (Å²) >= 11 is 0. The fourth-order valence-electron chi connectivity index (χ4n) is 1.50. The molecule has 0 aromatic heterocycles. The number of methoxy groups -OCH3 is 1. The Morgan fingerprint density at radius 1 is 1.38 bits per heavy atom. The molecular formula is C14H20N2O4S. The Morgan fingerprint density at radius 3 is 2.76 bits per heavy atom. The van der Waals surface area contributed by atoms with E-state index < -0.39 is 10.2 Å². The topological polar surface area (TPSA) is 87.7 Å². The number of benzene rings is 1. The van der Waals surface area contributed by atoms with Gasteiger partial charge in [-0.3, -0.25) is 4.72 Å². The van der Waals surface area contributed by atoms with Gasteiger partial charge in [0.05, 0.1) is 19.4 Å². The molecule has 1 aromatic rings. The average Bonchev–Trinajstić information content (AvgIpc) is 2.45. The number of aliphatic hydroxyl groups is 1. The second-order valence-corrected chi connectivity index (χ2v) is 5.69. The molecule has 0 spiro atoms. The molecule has 1 rings (SSSR count). The zero-order valence-corrected chi connectivity index (χ0v) is 13.0. The molecule has 0 atom stereocenters. The van der Waals surface area contributed by atoms with Crippen LogP contribution in [0.5, 0.6) is 5.75 Å². The second-order valence-electron chi connectivity index (χ2n) is 4.19. The number of aliphatic hydroxyl groups excluding tert-OH is 1.